The van der Waals surface area contributed by atoms with Gasteiger partial charge in [0.25, 0.3) is 5.69 Å². The Morgan fingerprint density at radius 1 is 1.33 bits per heavy atom. The second-order valence-electron chi connectivity index (χ2n) is 6.21. The van der Waals surface area contributed by atoms with Crippen LogP contribution in [0.2, 0.25) is 0 Å². The molecule has 0 saturated carbocycles. The average Bonchev–Trinajstić information content (AvgIpc) is 3.00. The molecule has 0 N–H and O–H groups in total. The van der Waals surface area contributed by atoms with Gasteiger partial charge in [0.2, 0.25) is 0 Å². The molecule has 140 valence electrons. The third-order valence-corrected chi connectivity index (χ3v) is 4.36. The van der Waals surface area contributed by atoms with Crippen LogP contribution in [0.15, 0.2) is 30.3 Å². The maximum atomic E-state index is 12.4. The van der Waals surface area contributed by atoms with E-state index in [4.69, 9.17) is 4.74 Å². The van der Waals surface area contributed by atoms with Crippen molar-refractivity contribution >= 4 is 22.7 Å². The summed E-state index contributed by atoms with van der Waals surface area (Å²) in [5.41, 5.74) is 2.60. The van der Waals surface area contributed by atoms with Gasteiger partial charge < -0.3 is 4.74 Å². The number of nitro groups is 1. The number of benzene rings is 1. The molecule has 0 aliphatic heterocycles. The number of methoxy groups -OCH3 is 1. The fourth-order valence-electron chi connectivity index (χ4n) is 3.01. The number of hydrogen-bond donors (Lipinski definition) is 0. The van der Waals surface area contributed by atoms with Crippen LogP contribution in [-0.4, -0.2) is 32.8 Å². The standard InChI is InChI=1S/C19H20N4O4/c1-4-5-9-22-18-17(12(2)21-22)15(19(24)27-3)11-16(20-18)13-7-6-8-14(10-13)23(25)26/h6-8,10-11H,4-5,9H2,1-3H3. The molecule has 0 atom stereocenters. The number of fused-ring (bicyclic) bond motifs is 1. The summed E-state index contributed by atoms with van der Waals surface area (Å²) in [6.07, 6.45) is 1.92. The van der Waals surface area contributed by atoms with E-state index in [1.54, 1.807) is 22.9 Å². The number of carbonyl (C=O) groups is 1. The molecule has 27 heavy (non-hydrogen) atoms. The second-order valence-corrected chi connectivity index (χ2v) is 6.21. The summed E-state index contributed by atoms with van der Waals surface area (Å²) in [6.45, 7) is 4.58. The van der Waals surface area contributed by atoms with Crippen LogP contribution in [0.25, 0.3) is 22.3 Å². The highest BCUT2D eigenvalue weighted by atomic mass is 16.6. The monoisotopic (exact) mass is 368 g/mol. The van der Waals surface area contributed by atoms with Gasteiger partial charge in [0.15, 0.2) is 5.65 Å². The van der Waals surface area contributed by atoms with E-state index in [2.05, 4.69) is 17.0 Å². The first-order chi connectivity index (χ1) is 13.0. The lowest BCUT2D eigenvalue weighted by Crippen LogP contribution is -2.06. The fourth-order valence-corrected chi connectivity index (χ4v) is 3.01. The van der Waals surface area contributed by atoms with Gasteiger partial charge in [0, 0.05) is 24.2 Å². The number of ether oxygens (including phenoxy) is 1. The zero-order chi connectivity index (χ0) is 19.6. The van der Waals surface area contributed by atoms with Crippen molar-refractivity contribution in [3.8, 4) is 11.3 Å². The summed E-state index contributed by atoms with van der Waals surface area (Å²) in [5.74, 6) is -0.493. The molecule has 3 aromatic rings. The smallest absolute Gasteiger partial charge is 0.338 e. The molecule has 0 spiro atoms. The minimum Gasteiger partial charge on any atom is -0.465 e. The third-order valence-electron chi connectivity index (χ3n) is 4.36. The van der Waals surface area contributed by atoms with Gasteiger partial charge in [-0.25, -0.2) is 14.5 Å². The van der Waals surface area contributed by atoms with Crippen LogP contribution in [0.4, 0.5) is 5.69 Å². The van der Waals surface area contributed by atoms with Crippen molar-refractivity contribution in [2.75, 3.05) is 7.11 Å². The van der Waals surface area contributed by atoms with Crippen molar-refractivity contribution in [1.82, 2.24) is 14.8 Å². The Morgan fingerprint density at radius 3 is 2.78 bits per heavy atom. The number of rotatable bonds is 6. The number of hydrogen-bond acceptors (Lipinski definition) is 6. The zero-order valence-electron chi connectivity index (χ0n) is 15.4. The first-order valence-electron chi connectivity index (χ1n) is 8.67. The highest BCUT2D eigenvalue weighted by Gasteiger charge is 2.21. The second kappa shape index (κ2) is 7.53. The number of esters is 1. The van der Waals surface area contributed by atoms with E-state index < -0.39 is 10.9 Å². The van der Waals surface area contributed by atoms with Crippen molar-refractivity contribution in [2.45, 2.75) is 33.2 Å². The number of aromatic nitrogens is 3. The molecule has 0 saturated heterocycles. The fraction of sp³-hybridized carbons (Fsp3) is 0.316. The van der Waals surface area contributed by atoms with Crippen LogP contribution in [0.5, 0.6) is 0 Å². The van der Waals surface area contributed by atoms with Gasteiger partial charge in [0.1, 0.15) is 0 Å². The number of pyridine rings is 1. The molecule has 0 amide bonds. The van der Waals surface area contributed by atoms with E-state index in [1.165, 1.54) is 19.2 Å². The number of aryl methyl sites for hydroxylation is 2. The molecule has 2 aromatic heterocycles. The summed E-state index contributed by atoms with van der Waals surface area (Å²) in [4.78, 5) is 27.7. The van der Waals surface area contributed by atoms with Crippen LogP contribution in [0, 0.1) is 17.0 Å². The molecule has 8 nitrogen and oxygen atoms in total. The number of unbranched alkanes of at least 4 members (excludes halogenated alkanes) is 1. The lowest BCUT2D eigenvalue weighted by Gasteiger charge is -2.08. The van der Waals surface area contributed by atoms with E-state index in [-0.39, 0.29) is 5.69 Å². The minimum atomic E-state index is -0.493. The largest absolute Gasteiger partial charge is 0.465 e. The number of nitrogens with zero attached hydrogens (tertiary/aromatic N) is 4. The lowest BCUT2D eigenvalue weighted by atomic mass is 10.1. The summed E-state index contributed by atoms with van der Waals surface area (Å²) in [6, 6.07) is 7.78. The van der Waals surface area contributed by atoms with Crippen LogP contribution in [-0.2, 0) is 11.3 Å². The van der Waals surface area contributed by atoms with E-state index in [1.807, 2.05) is 6.92 Å². The highest BCUT2D eigenvalue weighted by Crippen LogP contribution is 2.29. The lowest BCUT2D eigenvalue weighted by molar-refractivity contribution is -0.384. The first kappa shape index (κ1) is 18.5. The molecular weight excluding hydrogens is 348 g/mol. The Hall–Kier alpha value is -3.29. The maximum absolute atomic E-state index is 12.4. The van der Waals surface area contributed by atoms with E-state index in [0.717, 1.165) is 12.8 Å². The summed E-state index contributed by atoms with van der Waals surface area (Å²) in [7, 11) is 1.32. The molecule has 0 fully saturated rings. The molecule has 8 heteroatoms. The van der Waals surface area contributed by atoms with Crippen molar-refractivity contribution in [2.24, 2.45) is 0 Å². The molecule has 3 rings (SSSR count). The van der Waals surface area contributed by atoms with Gasteiger partial charge in [-0.3, -0.25) is 10.1 Å². The normalized spacial score (nSPS) is 10.9. The first-order valence-corrected chi connectivity index (χ1v) is 8.67. The van der Waals surface area contributed by atoms with Gasteiger partial charge in [-0.05, 0) is 19.4 Å². The highest BCUT2D eigenvalue weighted by molar-refractivity contribution is 6.05. The Kier molecular flexibility index (Phi) is 5.16. The topological polar surface area (TPSA) is 100 Å². The van der Waals surface area contributed by atoms with E-state index >= 15 is 0 Å². The zero-order valence-corrected chi connectivity index (χ0v) is 15.4. The van der Waals surface area contributed by atoms with Crippen molar-refractivity contribution in [3.05, 3.63) is 51.7 Å². The number of carbonyl (C=O) groups excluding carboxylic acids is 1. The quantitative estimate of drug-likeness (QED) is 0.371. The van der Waals surface area contributed by atoms with Crippen LogP contribution in [0.3, 0.4) is 0 Å². The minimum absolute atomic E-state index is 0.0373. The van der Waals surface area contributed by atoms with E-state index in [9.17, 15) is 14.9 Å². The van der Waals surface area contributed by atoms with Crippen molar-refractivity contribution < 1.29 is 14.5 Å². The average molecular weight is 368 g/mol. The van der Waals surface area contributed by atoms with E-state index in [0.29, 0.717) is 40.1 Å². The van der Waals surface area contributed by atoms with Gasteiger partial charge in [0.05, 0.1) is 34.4 Å². The van der Waals surface area contributed by atoms with Gasteiger partial charge in [-0.15, -0.1) is 0 Å². The molecule has 0 unspecified atom stereocenters. The Bertz CT molecular complexity index is 1030. The van der Waals surface area contributed by atoms with Crippen LogP contribution in [0.1, 0.15) is 35.8 Å². The summed E-state index contributed by atoms with van der Waals surface area (Å²) in [5, 5.41) is 16.3. The molecule has 2 heterocycles. The maximum Gasteiger partial charge on any atom is 0.338 e. The number of nitro benzene ring substituents is 1. The molecular formula is C19H20N4O4. The van der Waals surface area contributed by atoms with Crippen LogP contribution < -0.4 is 0 Å². The van der Waals surface area contributed by atoms with Crippen molar-refractivity contribution in [3.63, 3.8) is 0 Å². The number of non-ortho nitro benzene ring substituents is 1. The predicted molar refractivity (Wildman–Crippen MR) is 101 cm³/mol. The Labute approximate surface area is 155 Å². The molecule has 0 aliphatic rings. The molecule has 1 aromatic carbocycles. The van der Waals surface area contributed by atoms with Crippen LogP contribution >= 0.6 is 0 Å². The Morgan fingerprint density at radius 2 is 2.11 bits per heavy atom. The predicted octanol–water partition coefficient (Wildman–Crippen LogP) is 3.90. The molecule has 0 bridgehead atoms. The SMILES string of the molecule is CCCCn1nc(C)c2c(C(=O)OC)cc(-c3cccc([N+](=O)[O-])c3)nc21. The van der Waals surface area contributed by atoms with Crippen molar-refractivity contribution in [1.29, 1.82) is 0 Å². The molecule has 0 radical (unpaired) electrons. The van der Waals surface area contributed by atoms with Gasteiger partial charge >= 0.3 is 5.97 Å². The molecule has 0 aliphatic carbocycles. The Balaban J connectivity index is 2.26. The van der Waals surface area contributed by atoms with Gasteiger partial charge in [-0.1, -0.05) is 25.5 Å². The van der Waals surface area contributed by atoms with Gasteiger partial charge in [-0.2, -0.15) is 5.10 Å². The summed E-state index contributed by atoms with van der Waals surface area (Å²) < 4.78 is 6.71. The third kappa shape index (κ3) is 3.51. The summed E-state index contributed by atoms with van der Waals surface area (Å²) >= 11 is 0.